The molecule has 0 atom stereocenters. The number of halogens is 2. The Hall–Kier alpha value is -3.70. The lowest BCUT2D eigenvalue weighted by molar-refractivity contribution is 0.122. The predicted molar refractivity (Wildman–Crippen MR) is 163 cm³/mol. The first kappa shape index (κ1) is 28.8. The molecule has 0 bridgehead atoms. The molecular weight excluding hydrogens is 546 g/mol. The Morgan fingerprint density at radius 3 is 2.68 bits per heavy atom. The molecule has 0 amide bonds. The molecule has 0 radical (unpaired) electrons. The smallest absolute Gasteiger partial charge is 0.163 e. The standard InChI is InChI=1S/C30H34F2N6O2S/c1-3-11-33-26-9-8-20(19-34-26)29-35-28-23(30(36-29)38-12-14-40-15-13-38)17-21(18-25(28)39-2)22-6-4-7-24(27(22)32)37-41-16-5-10-31/h4,6-9,17-19,37H,3,5,10-16H2,1-2H3,(H,33,34). The molecule has 8 nitrogen and oxygen atoms in total. The summed E-state index contributed by atoms with van der Waals surface area (Å²) >= 11 is 1.28. The van der Waals surface area contributed by atoms with Crippen LogP contribution in [0.25, 0.3) is 33.4 Å². The SMILES string of the molecule is CCCNc1ccc(-c2nc(N3CCOCC3)c3cc(-c4cccc(NSCCCF)c4F)cc(OC)c3n2)cn1. The van der Waals surface area contributed by atoms with Gasteiger partial charge in [-0.15, -0.1) is 0 Å². The van der Waals surface area contributed by atoms with Gasteiger partial charge in [0.15, 0.2) is 11.6 Å². The van der Waals surface area contributed by atoms with E-state index in [1.807, 2.05) is 18.2 Å². The van der Waals surface area contributed by atoms with Gasteiger partial charge < -0.3 is 24.4 Å². The number of benzene rings is 2. The minimum Gasteiger partial charge on any atom is -0.494 e. The second kappa shape index (κ2) is 13.8. The van der Waals surface area contributed by atoms with Gasteiger partial charge in [0.05, 0.1) is 32.7 Å². The summed E-state index contributed by atoms with van der Waals surface area (Å²) in [5.74, 6) is 2.72. The van der Waals surface area contributed by atoms with Gasteiger partial charge in [-0.3, -0.25) is 4.39 Å². The molecule has 0 aliphatic carbocycles. The fraction of sp³-hybridized carbons (Fsp3) is 0.367. The number of methoxy groups -OCH3 is 1. The van der Waals surface area contributed by atoms with E-state index in [1.165, 1.54) is 11.9 Å². The normalized spacial score (nSPS) is 13.4. The zero-order valence-electron chi connectivity index (χ0n) is 23.3. The van der Waals surface area contributed by atoms with Gasteiger partial charge in [0.25, 0.3) is 0 Å². The first-order valence-electron chi connectivity index (χ1n) is 13.8. The molecule has 1 aliphatic heterocycles. The van der Waals surface area contributed by atoms with Gasteiger partial charge in [0, 0.05) is 48.1 Å². The van der Waals surface area contributed by atoms with Crippen LogP contribution in [-0.2, 0) is 4.74 Å². The van der Waals surface area contributed by atoms with Crippen LogP contribution in [0.5, 0.6) is 5.75 Å². The van der Waals surface area contributed by atoms with E-state index >= 15 is 4.39 Å². The molecule has 1 saturated heterocycles. The maximum absolute atomic E-state index is 15.7. The maximum Gasteiger partial charge on any atom is 0.163 e. The number of ether oxygens (including phenoxy) is 2. The molecule has 0 spiro atoms. The summed E-state index contributed by atoms with van der Waals surface area (Å²) in [7, 11) is 1.58. The van der Waals surface area contributed by atoms with Crippen LogP contribution in [-0.4, -0.2) is 67.3 Å². The van der Waals surface area contributed by atoms with Gasteiger partial charge in [-0.05, 0) is 48.7 Å². The number of fused-ring (bicyclic) bond motifs is 1. The van der Waals surface area contributed by atoms with Crippen LogP contribution in [0.4, 0.5) is 26.1 Å². The highest BCUT2D eigenvalue weighted by Gasteiger charge is 2.22. The lowest BCUT2D eigenvalue weighted by Gasteiger charge is -2.29. The molecule has 0 saturated carbocycles. The summed E-state index contributed by atoms with van der Waals surface area (Å²) < 4.78 is 42.6. The molecule has 4 aromatic rings. The fourth-order valence-electron chi connectivity index (χ4n) is 4.61. The Bertz CT molecular complexity index is 1470. The fourth-order valence-corrected chi connectivity index (χ4v) is 5.28. The Morgan fingerprint density at radius 1 is 1.10 bits per heavy atom. The van der Waals surface area contributed by atoms with Gasteiger partial charge in [0.2, 0.25) is 0 Å². The Balaban J connectivity index is 1.60. The molecule has 2 N–H and O–H groups in total. The van der Waals surface area contributed by atoms with E-state index in [-0.39, 0.29) is 0 Å². The van der Waals surface area contributed by atoms with Crippen LogP contribution >= 0.6 is 11.9 Å². The topological polar surface area (TPSA) is 84.4 Å². The average molecular weight is 581 g/mol. The van der Waals surface area contributed by atoms with E-state index in [0.29, 0.717) is 72.4 Å². The van der Waals surface area contributed by atoms with Crippen LogP contribution in [0.1, 0.15) is 19.8 Å². The molecule has 216 valence electrons. The third kappa shape index (κ3) is 6.62. The van der Waals surface area contributed by atoms with Gasteiger partial charge in [-0.2, -0.15) is 0 Å². The predicted octanol–water partition coefficient (Wildman–Crippen LogP) is 6.58. The van der Waals surface area contributed by atoms with Gasteiger partial charge >= 0.3 is 0 Å². The van der Waals surface area contributed by atoms with E-state index in [9.17, 15) is 4.39 Å². The molecule has 0 unspecified atom stereocenters. The summed E-state index contributed by atoms with van der Waals surface area (Å²) in [5.41, 5.74) is 2.81. The Labute approximate surface area is 243 Å². The summed E-state index contributed by atoms with van der Waals surface area (Å²) in [6, 6.07) is 12.8. The Morgan fingerprint density at radius 2 is 1.95 bits per heavy atom. The van der Waals surface area contributed by atoms with Crippen molar-refractivity contribution in [3.8, 4) is 28.3 Å². The van der Waals surface area contributed by atoms with Crippen molar-refractivity contribution >= 4 is 40.2 Å². The molecule has 2 aromatic carbocycles. The first-order valence-corrected chi connectivity index (χ1v) is 14.8. The molecule has 11 heteroatoms. The summed E-state index contributed by atoms with van der Waals surface area (Å²) in [6.07, 6.45) is 3.18. The quantitative estimate of drug-likeness (QED) is 0.143. The largest absolute Gasteiger partial charge is 0.494 e. The number of nitrogens with zero attached hydrogens (tertiary/aromatic N) is 4. The monoisotopic (exact) mass is 580 g/mol. The lowest BCUT2D eigenvalue weighted by Crippen LogP contribution is -2.37. The van der Waals surface area contributed by atoms with Gasteiger partial charge in [-0.1, -0.05) is 31.0 Å². The zero-order valence-corrected chi connectivity index (χ0v) is 24.1. The number of morpholine rings is 1. The number of aromatic nitrogens is 3. The number of alkyl halides is 1. The Kier molecular flexibility index (Phi) is 9.68. The van der Waals surface area contributed by atoms with Crippen LogP contribution in [0.2, 0.25) is 0 Å². The van der Waals surface area contributed by atoms with E-state index < -0.39 is 12.5 Å². The molecule has 41 heavy (non-hydrogen) atoms. The highest BCUT2D eigenvalue weighted by atomic mass is 32.2. The molecule has 2 aromatic heterocycles. The minimum atomic E-state index is -0.401. The van der Waals surface area contributed by atoms with Crippen LogP contribution in [0, 0.1) is 5.82 Å². The summed E-state index contributed by atoms with van der Waals surface area (Å²) in [5, 5.41) is 4.04. The van der Waals surface area contributed by atoms with Crippen LogP contribution < -0.4 is 19.7 Å². The van der Waals surface area contributed by atoms with Crippen molar-refractivity contribution in [3.05, 3.63) is 54.5 Å². The van der Waals surface area contributed by atoms with E-state index in [0.717, 1.165) is 35.6 Å². The summed E-state index contributed by atoms with van der Waals surface area (Å²) in [6.45, 7) is 5.05. The van der Waals surface area contributed by atoms with Crippen LogP contribution in [0.3, 0.4) is 0 Å². The molecule has 3 heterocycles. The highest BCUT2D eigenvalue weighted by Crippen LogP contribution is 2.39. The highest BCUT2D eigenvalue weighted by molar-refractivity contribution is 8.00. The third-order valence-corrected chi connectivity index (χ3v) is 7.58. The van der Waals surface area contributed by atoms with E-state index in [4.69, 9.17) is 19.4 Å². The second-order valence-electron chi connectivity index (χ2n) is 9.56. The van der Waals surface area contributed by atoms with Crippen LogP contribution in [0.15, 0.2) is 48.7 Å². The van der Waals surface area contributed by atoms with Crippen molar-refractivity contribution in [2.75, 3.05) is 67.3 Å². The molecule has 1 fully saturated rings. The number of anilines is 3. The lowest BCUT2D eigenvalue weighted by atomic mass is 10.0. The zero-order chi connectivity index (χ0) is 28.6. The number of nitrogens with one attached hydrogen (secondary N) is 2. The van der Waals surface area contributed by atoms with Crippen molar-refractivity contribution in [2.45, 2.75) is 19.8 Å². The number of rotatable bonds is 12. The van der Waals surface area contributed by atoms with E-state index in [1.54, 1.807) is 37.6 Å². The second-order valence-corrected chi connectivity index (χ2v) is 10.5. The first-order chi connectivity index (χ1) is 20.1. The van der Waals surface area contributed by atoms with Gasteiger partial charge in [0.1, 0.15) is 22.9 Å². The number of pyridine rings is 1. The van der Waals surface area contributed by atoms with Gasteiger partial charge in [-0.25, -0.2) is 19.3 Å². The summed E-state index contributed by atoms with van der Waals surface area (Å²) in [4.78, 5) is 16.6. The molecule has 5 rings (SSSR count). The maximum atomic E-state index is 15.7. The number of hydrogen-bond donors (Lipinski definition) is 2. The van der Waals surface area contributed by atoms with E-state index in [2.05, 4.69) is 26.8 Å². The number of hydrogen-bond acceptors (Lipinski definition) is 9. The van der Waals surface area contributed by atoms with Crippen molar-refractivity contribution in [1.82, 2.24) is 15.0 Å². The van der Waals surface area contributed by atoms with Crippen molar-refractivity contribution < 1.29 is 18.3 Å². The average Bonchev–Trinajstić information content (AvgIpc) is 3.02. The van der Waals surface area contributed by atoms with Crippen molar-refractivity contribution in [3.63, 3.8) is 0 Å². The third-order valence-electron chi connectivity index (χ3n) is 6.73. The van der Waals surface area contributed by atoms with Crippen molar-refractivity contribution in [1.29, 1.82) is 0 Å². The minimum absolute atomic E-state index is 0.342. The van der Waals surface area contributed by atoms with Crippen molar-refractivity contribution in [2.24, 2.45) is 0 Å². The molecular formula is C30H34F2N6O2S. The molecule has 1 aliphatic rings.